The fourth-order valence-corrected chi connectivity index (χ4v) is 4.37. The Morgan fingerprint density at radius 2 is 1.63 bits per heavy atom. The Balaban J connectivity index is 1.29. The number of para-hydroxylation sites is 1. The van der Waals surface area contributed by atoms with Gasteiger partial charge in [0.05, 0.1) is 12.5 Å². The second-order valence-electron chi connectivity index (χ2n) is 8.13. The molecule has 2 aliphatic rings. The summed E-state index contributed by atoms with van der Waals surface area (Å²) in [7, 11) is 0. The number of piperazine rings is 1. The quantitative estimate of drug-likeness (QED) is 0.772. The van der Waals surface area contributed by atoms with E-state index in [4.69, 9.17) is 0 Å². The Labute approximate surface area is 178 Å². The number of nitrogens with one attached hydrogen (secondary N) is 2. The van der Waals surface area contributed by atoms with Gasteiger partial charge in [0.25, 0.3) is 0 Å². The van der Waals surface area contributed by atoms with Crippen LogP contribution in [-0.2, 0) is 16.1 Å². The third kappa shape index (κ3) is 5.19. The van der Waals surface area contributed by atoms with E-state index in [-0.39, 0.29) is 24.3 Å². The summed E-state index contributed by atoms with van der Waals surface area (Å²) in [5.41, 5.74) is 2.39. The zero-order valence-corrected chi connectivity index (χ0v) is 17.3. The number of anilines is 1. The number of amides is 2. The highest BCUT2D eigenvalue weighted by atomic mass is 16.2. The van der Waals surface area contributed by atoms with E-state index in [1.165, 1.54) is 5.69 Å². The lowest BCUT2D eigenvalue weighted by molar-refractivity contribution is -0.134. The van der Waals surface area contributed by atoms with Crippen molar-refractivity contribution in [3.05, 3.63) is 66.2 Å². The molecule has 0 saturated carbocycles. The molecule has 158 valence electrons. The molecule has 2 fully saturated rings. The van der Waals surface area contributed by atoms with E-state index in [1.54, 1.807) is 0 Å². The average molecular weight is 407 g/mol. The molecule has 2 aliphatic heterocycles. The van der Waals surface area contributed by atoms with E-state index in [0.717, 1.165) is 38.0 Å². The summed E-state index contributed by atoms with van der Waals surface area (Å²) in [5, 5.41) is 6.08. The number of piperidine rings is 1. The van der Waals surface area contributed by atoms with Crippen molar-refractivity contribution in [2.75, 3.05) is 31.1 Å². The summed E-state index contributed by atoms with van der Waals surface area (Å²) in [6, 6.07) is 20.3. The van der Waals surface area contributed by atoms with Crippen molar-refractivity contribution in [1.82, 2.24) is 15.5 Å². The highest BCUT2D eigenvalue weighted by Crippen LogP contribution is 2.20. The minimum Gasteiger partial charge on any atom is -0.371 e. The van der Waals surface area contributed by atoms with E-state index in [0.29, 0.717) is 13.1 Å². The van der Waals surface area contributed by atoms with Gasteiger partial charge in [0.1, 0.15) is 0 Å². The van der Waals surface area contributed by atoms with Crippen molar-refractivity contribution in [3.63, 3.8) is 0 Å². The number of hydrogen-bond donors (Lipinski definition) is 2. The minimum atomic E-state index is -0.414. The van der Waals surface area contributed by atoms with Crippen molar-refractivity contribution in [2.45, 2.75) is 37.9 Å². The molecule has 2 heterocycles. The maximum atomic E-state index is 12.7. The topological polar surface area (TPSA) is 64.7 Å². The van der Waals surface area contributed by atoms with E-state index in [1.807, 2.05) is 24.3 Å². The zero-order chi connectivity index (χ0) is 20.8. The standard InChI is InChI=1S/C24H30N4O2/c29-23(26-20-11-14-27(15-12-20)21-9-5-2-6-10-21)17-22-24(30)25-13-16-28(22)18-19-7-3-1-4-8-19/h1-10,20,22H,11-18H2,(H,25,30)(H,26,29)/t22-/m1/s1. The highest BCUT2D eigenvalue weighted by molar-refractivity contribution is 5.88. The van der Waals surface area contributed by atoms with E-state index in [2.05, 4.69) is 56.8 Å². The van der Waals surface area contributed by atoms with Crippen LogP contribution in [-0.4, -0.2) is 55.0 Å². The van der Waals surface area contributed by atoms with Crippen LogP contribution >= 0.6 is 0 Å². The molecule has 30 heavy (non-hydrogen) atoms. The largest absolute Gasteiger partial charge is 0.371 e. The van der Waals surface area contributed by atoms with Gasteiger partial charge in [-0.1, -0.05) is 48.5 Å². The Morgan fingerprint density at radius 1 is 0.967 bits per heavy atom. The summed E-state index contributed by atoms with van der Waals surface area (Å²) in [4.78, 5) is 29.7. The molecule has 2 saturated heterocycles. The fraction of sp³-hybridized carbons (Fsp3) is 0.417. The Kier molecular flexibility index (Phi) is 6.64. The maximum absolute atomic E-state index is 12.7. The average Bonchev–Trinajstić information content (AvgIpc) is 2.78. The molecule has 2 amide bonds. The van der Waals surface area contributed by atoms with Gasteiger partial charge in [-0.15, -0.1) is 0 Å². The molecule has 0 aliphatic carbocycles. The van der Waals surface area contributed by atoms with Crippen LogP contribution in [0.3, 0.4) is 0 Å². The zero-order valence-electron chi connectivity index (χ0n) is 17.3. The number of rotatable bonds is 6. The van der Waals surface area contributed by atoms with E-state index in [9.17, 15) is 9.59 Å². The number of hydrogen-bond acceptors (Lipinski definition) is 4. The van der Waals surface area contributed by atoms with Gasteiger partial charge < -0.3 is 15.5 Å². The molecule has 2 N–H and O–H groups in total. The highest BCUT2D eigenvalue weighted by Gasteiger charge is 2.32. The Morgan fingerprint density at radius 3 is 2.33 bits per heavy atom. The molecule has 0 radical (unpaired) electrons. The second-order valence-corrected chi connectivity index (χ2v) is 8.13. The molecule has 1 atom stereocenters. The second kappa shape index (κ2) is 9.76. The van der Waals surface area contributed by atoms with Gasteiger partial charge in [-0.2, -0.15) is 0 Å². The molecule has 2 aromatic carbocycles. The van der Waals surface area contributed by atoms with Crippen LogP contribution in [0.1, 0.15) is 24.8 Å². The Bertz CT molecular complexity index is 835. The first-order valence-corrected chi connectivity index (χ1v) is 10.8. The fourth-order valence-electron chi connectivity index (χ4n) is 4.37. The van der Waals surface area contributed by atoms with Crippen LogP contribution in [0.2, 0.25) is 0 Å². The molecular formula is C24H30N4O2. The van der Waals surface area contributed by atoms with Gasteiger partial charge in [-0.25, -0.2) is 0 Å². The van der Waals surface area contributed by atoms with Gasteiger partial charge in [0.2, 0.25) is 11.8 Å². The number of carbonyl (C=O) groups excluding carboxylic acids is 2. The first-order valence-electron chi connectivity index (χ1n) is 10.8. The van der Waals surface area contributed by atoms with Crippen molar-refractivity contribution in [3.8, 4) is 0 Å². The maximum Gasteiger partial charge on any atom is 0.237 e. The summed E-state index contributed by atoms with van der Waals surface area (Å²) < 4.78 is 0. The van der Waals surface area contributed by atoms with Crippen LogP contribution in [0.4, 0.5) is 5.69 Å². The number of carbonyl (C=O) groups is 2. The van der Waals surface area contributed by atoms with Crippen molar-refractivity contribution in [2.24, 2.45) is 0 Å². The lowest BCUT2D eigenvalue weighted by Gasteiger charge is -2.36. The van der Waals surface area contributed by atoms with Gasteiger partial charge >= 0.3 is 0 Å². The monoisotopic (exact) mass is 406 g/mol. The third-order valence-corrected chi connectivity index (χ3v) is 6.03. The molecular weight excluding hydrogens is 376 g/mol. The summed E-state index contributed by atoms with van der Waals surface area (Å²) in [5.74, 6) is -0.0838. The van der Waals surface area contributed by atoms with Crippen LogP contribution < -0.4 is 15.5 Å². The number of benzene rings is 2. The van der Waals surface area contributed by atoms with E-state index >= 15 is 0 Å². The van der Waals surface area contributed by atoms with Crippen LogP contribution in [0.15, 0.2) is 60.7 Å². The van der Waals surface area contributed by atoms with Gasteiger partial charge in [-0.05, 0) is 30.5 Å². The van der Waals surface area contributed by atoms with Crippen molar-refractivity contribution in [1.29, 1.82) is 0 Å². The predicted octanol–water partition coefficient (Wildman–Crippen LogP) is 2.16. The minimum absolute atomic E-state index is 0.0340. The lowest BCUT2D eigenvalue weighted by atomic mass is 10.0. The SMILES string of the molecule is O=C(C[C@@H]1C(=O)NCCN1Cc1ccccc1)NC1CCN(c2ccccc2)CC1. The van der Waals surface area contributed by atoms with Gasteiger partial charge in [-0.3, -0.25) is 14.5 Å². The molecule has 0 aromatic heterocycles. The van der Waals surface area contributed by atoms with Crippen LogP contribution in [0.5, 0.6) is 0 Å². The summed E-state index contributed by atoms with van der Waals surface area (Å²) in [6.07, 6.45) is 2.05. The van der Waals surface area contributed by atoms with Crippen molar-refractivity contribution < 1.29 is 9.59 Å². The van der Waals surface area contributed by atoms with Gasteiger partial charge in [0.15, 0.2) is 0 Å². The number of nitrogens with zero attached hydrogens (tertiary/aromatic N) is 2. The first kappa shape index (κ1) is 20.4. The molecule has 0 spiro atoms. The lowest BCUT2D eigenvalue weighted by Crippen LogP contribution is -2.56. The molecule has 4 rings (SSSR count). The molecule has 6 nitrogen and oxygen atoms in total. The van der Waals surface area contributed by atoms with Crippen LogP contribution in [0.25, 0.3) is 0 Å². The van der Waals surface area contributed by atoms with Crippen LogP contribution in [0, 0.1) is 0 Å². The first-order chi connectivity index (χ1) is 14.7. The third-order valence-electron chi connectivity index (χ3n) is 6.03. The Hall–Kier alpha value is -2.86. The normalized spacial score (nSPS) is 20.6. The van der Waals surface area contributed by atoms with Crippen molar-refractivity contribution >= 4 is 17.5 Å². The summed E-state index contributed by atoms with van der Waals surface area (Å²) >= 11 is 0. The molecule has 0 bridgehead atoms. The molecule has 2 aromatic rings. The smallest absolute Gasteiger partial charge is 0.237 e. The molecule has 0 unspecified atom stereocenters. The molecule has 6 heteroatoms. The predicted molar refractivity (Wildman–Crippen MR) is 118 cm³/mol. The van der Waals surface area contributed by atoms with Gasteiger partial charge in [0, 0.05) is 44.5 Å². The summed E-state index contributed by atoms with van der Waals surface area (Å²) in [6.45, 7) is 3.93. The van der Waals surface area contributed by atoms with E-state index < -0.39 is 6.04 Å².